The Kier molecular flexibility index (Phi) is 4.15. The molecule has 3 amide bonds. The van der Waals surface area contributed by atoms with Crippen molar-refractivity contribution >= 4 is 17.9 Å². The molecule has 0 aromatic heterocycles. The summed E-state index contributed by atoms with van der Waals surface area (Å²) >= 11 is 0. The van der Waals surface area contributed by atoms with E-state index in [1.165, 1.54) is 6.92 Å². The van der Waals surface area contributed by atoms with Crippen LogP contribution in [0.15, 0.2) is 0 Å². The molecule has 102 valence electrons. The van der Waals surface area contributed by atoms with Crippen LogP contribution < -0.4 is 16.4 Å². The summed E-state index contributed by atoms with van der Waals surface area (Å²) in [5.74, 6) is -1.56. The number of carbonyl (C=O) groups is 3. The van der Waals surface area contributed by atoms with Crippen molar-refractivity contribution in [2.24, 2.45) is 11.1 Å². The van der Waals surface area contributed by atoms with Gasteiger partial charge in [-0.15, -0.1) is 0 Å². The molecule has 0 aromatic rings. The number of carbonyl (C=O) groups excluding carboxylic acids is 2. The van der Waals surface area contributed by atoms with E-state index in [2.05, 4.69) is 10.6 Å². The number of primary amides is 1. The summed E-state index contributed by atoms with van der Waals surface area (Å²) in [4.78, 5) is 33.6. The molecule has 3 atom stereocenters. The largest absolute Gasteiger partial charge is 0.481 e. The lowest BCUT2D eigenvalue weighted by Crippen LogP contribution is -2.53. The van der Waals surface area contributed by atoms with Crippen LogP contribution >= 0.6 is 0 Å². The molecule has 3 unspecified atom stereocenters. The highest BCUT2D eigenvalue weighted by atomic mass is 16.4. The van der Waals surface area contributed by atoms with E-state index in [9.17, 15) is 19.5 Å². The van der Waals surface area contributed by atoms with Crippen molar-refractivity contribution in [1.82, 2.24) is 10.6 Å². The minimum Gasteiger partial charge on any atom is -0.481 e. The Hall–Kier alpha value is -1.79. The highest BCUT2D eigenvalue weighted by Crippen LogP contribution is 2.38. The van der Waals surface area contributed by atoms with Gasteiger partial charge in [-0.1, -0.05) is 6.42 Å². The predicted octanol–water partition coefficient (Wildman–Crippen LogP) is -0.197. The average Bonchev–Trinajstić information content (AvgIpc) is 2.61. The van der Waals surface area contributed by atoms with Crippen molar-refractivity contribution < 1.29 is 19.5 Å². The van der Waals surface area contributed by atoms with Crippen LogP contribution in [0.2, 0.25) is 0 Å². The third-order valence-electron chi connectivity index (χ3n) is 3.53. The second-order valence-corrected chi connectivity index (χ2v) is 4.91. The Morgan fingerprint density at radius 1 is 1.44 bits per heavy atom. The molecule has 7 nitrogen and oxygen atoms in total. The van der Waals surface area contributed by atoms with Gasteiger partial charge < -0.3 is 21.5 Å². The minimum absolute atomic E-state index is 0.435. The van der Waals surface area contributed by atoms with Crippen LogP contribution in [0.3, 0.4) is 0 Å². The molecular formula is C11H19N3O4. The highest BCUT2D eigenvalue weighted by Gasteiger charge is 2.46. The van der Waals surface area contributed by atoms with Crippen molar-refractivity contribution in [3.8, 4) is 0 Å². The van der Waals surface area contributed by atoms with E-state index in [4.69, 9.17) is 5.73 Å². The Morgan fingerprint density at radius 2 is 2.06 bits per heavy atom. The van der Waals surface area contributed by atoms with Crippen molar-refractivity contribution in [3.63, 3.8) is 0 Å². The first-order valence-corrected chi connectivity index (χ1v) is 5.87. The van der Waals surface area contributed by atoms with E-state index in [0.29, 0.717) is 12.8 Å². The summed E-state index contributed by atoms with van der Waals surface area (Å²) in [5.41, 5.74) is 4.07. The minimum atomic E-state index is -0.951. The lowest BCUT2D eigenvalue weighted by atomic mass is 9.85. The summed E-state index contributed by atoms with van der Waals surface area (Å²) in [6.07, 6.45) is 1.89. The summed E-state index contributed by atoms with van der Waals surface area (Å²) in [6, 6.07) is -1.79. The topological polar surface area (TPSA) is 122 Å². The van der Waals surface area contributed by atoms with Crippen molar-refractivity contribution in [2.75, 3.05) is 0 Å². The summed E-state index contributed by atoms with van der Waals surface area (Å²) in [6.45, 7) is 3.08. The van der Waals surface area contributed by atoms with E-state index in [1.54, 1.807) is 6.92 Å². The SMILES string of the molecule is CC(NC(=O)NC1CCCC1(C)C(=O)O)C(N)=O. The van der Waals surface area contributed by atoms with E-state index in [1.807, 2.05) is 0 Å². The molecule has 0 heterocycles. The summed E-state index contributed by atoms with van der Waals surface area (Å²) in [7, 11) is 0. The molecule has 0 saturated heterocycles. The van der Waals surface area contributed by atoms with Crippen LogP contribution in [0.4, 0.5) is 4.79 Å². The molecule has 0 aliphatic heterocycles. The van der Waals surface area contributed by atoms with Gasteiger partial charge in [0.05, 0.1) is 5.41 Å². The maximum Gasteiger partial charge on any atom is 0.315 e. The zero-order valence-electron chi connectivity index (χ0n) is 10.5. The predicted molar refractivity (Wildman–Crippen MR) is 63.7 cm³/mol. The molecule has 1 fully saturated rings. The van der Waals surface area contributed by atoms with Gasteiger partial charge in [-0.05, 0) is 26.7 Å². The fraction of sp³-hybridized carbons (Fsp3) is 0.727. The van der Waals surface area contributed by atoms with Crippen LogP contribution in [0.25, 0.3) is 0 Å². The van der Waals surface area contributed by atoms with Crippen LogP contribution in [0, 0.1) is 5.41 Å². The molecule has 1 saturated carbocycles. The monoisotopic (exact) mass is 257 g/mol. The van der Waals surface area contributed by atoms with Gasteiger partial charge in [0.1, 0.15) is 6.04 Å². The lowest BCUT2D eigenvalue weighted by Gasteiger charge is -2.28. The molecule has 1 aliphatic carbocycles. The molecule has 0 bridgehead atoms. The molecule has 5 N–H and O–H groups in total. The first-order chi connectivity index (χ1) is 8.27. The van der Waals surface area contributed by atoms with Crippen molar-refractivity contribution in [2.45, 2.75) is 45.2 Å². The van der Waals surface area contributed by atoms with Crippen molar-refractivity contribution in [1.29, 1.82) is 0 Å². The maximum absolute atomic E-state index is 11.6. The summed E-state index contributed by atoms with van der Waals surface area (Å²) < 4.78 is 0. The first kappa shape index (κ1) is 14.3. The highest BCUT2D eigenvalue weighted by molar-refractivity contribution is 5.86. The molecule has 7 heteroatoms. The fourth-order valence-electron chi connectivity index (χ4n) is 2.12. The van der Waals surface area contributed by atoms with Crippen LogP contribution in [0.1, 0.15) is 33.1 Å². The normalized spacial score (nSPS) is 28.4. The standard InChI is InChI=1S/C11H19N3O4/c1-6(8(12)15)13-10(18)14-7-4-3-5-11(7,2)9(16)17/h6-7H,3-5H2,1-2H3,(H2,12,15)(H,16,17)(H2,13,14,18). The van der Waals surface area contributed by atoms with E-state index in [0.717, 1.165) is 6.42 Å². The molecule has 0 radical (unpaired) electrons. The van der Waals surface area contributed by atoms with Crippen LogP contribution in [0.5, 0.6) is 0 Å². The lowest BCUT2D eigenvalue weighted by molar-refractivity contribution is -0.148. The number of aliphatic carboxylic acids is 1. The van der Waals surface area contributed by atoms with Gasteiger partial charge in [-0.2, -0.15) is 0 Å². The van der Waals surface area contributed by atoms with Gasteiger partial charge in [0.2, 0.25) is 5.91 Å². The van der Waals surface area contributed by atoms with Crippen molar-refractivity contribution in [3.05, 3.63) is 0 Å². The number of carboxylic acid groups (broad SMARTS) is 1. The van der Waals surface area contributed by atoms with Gasteiger partial charge >= 0.3 is 12.0 Å². The third-order valence-corrected chi connectivity index (χ3v) is 3.53. The zero-order valence-corrected chi connectivity index (χ0v) is 10.5. The zero-order chi connectivity index (χ0) is 13.9. The molecule has 1 aliphatic rings. The van der Waals surface area contributed by atoms with Gasteiger partial charge in [-0.25, -0.2) is 4.79 Å². The van der Waals surface area contributed by atoms with Gasteiger partial charge in [-0.3, -0.25) is 9.59 Å². The molecular weight excluding hydrogens is 238 g/mol. The Bertz CT molecular complexity index is 371. The second-order valence-electron chi connectivity index (χ2n) is 4.91. The fourth-order valence-corrected chi connectivity index (χ4v) is 2.12. The van der Waals surface area contributed by atoms with Gasteiger partial charge in [0.25, 0.3) is 0 Å². The second kappa shape index (κ2) is 5.24. The van der Waals surface area contributed by atoms with Gasteiger partial charge in [0.15, 0.2) is 0 Å². The average molecular weight is 257 g/mol. The first-order valence-electron chi connectivity index (χ1n) is 5.87. The number of nitrogens with two attached hydrogens (primary N) is 1. The van der Waals surface area contributed by atoms with E-state index < -0.39 is 35.4 Å². The Balaban J connectivity index is 2.59. The number of urea groups is 1. The third kappa shape index (κ3) is 2.91. The molecule has 0 aromatic carbocycles. The molecule has 0 spiro atoms. The molecule has 1 rings (SSSR count). The molecule has 18 heavy (non-hydrogen) atoms. The number of rotatable bonds is 4. The number of amides is 3. The Labute approximate surface area is 105 Å². The van der Waals surface area contributed by atoms with E-state index >= 15 is 0 Å². The maximum atomic E-state index is 11.6. The Morgan fingerprint density at radius 3 is 2.56 bits per heavy atom. The smallest absolute Gasteiger partial charge is 0.315 e. The van der Waals surface area contributed by atoms with Crippen LogP contribution in [-0.2, 0) is 9.59 Å². The van der Waals surface area contributed by atoms with E-state index in [-0.39, 0.29) is 0 Å². The number of carboxylic acids is 1. The number of hydrogen-bond donors (Lipinski definition) is 4. The van der Waals surface area contributed by atoms with Gasteiger partial charge in [0, 0.05) is 6.04 Å². The van der Waals surface area contributed by atoms with Crippen LogP contribution in [-0.4, -0.2) is 35.1 Å². The number of nitrogens with one attached hydrogen (secondary N) is 2. The summed E-state index contributed by atoms with van der Waals surface area (Å²) in [5, 5.41) is 14.1. The quantitative estimate of drug-likeness (QED) is 0.557. The number of hydrogen-bond acceptors (Lipinski definition) is 3.